The highest BCUT2D eigenvalue weighted by molar-refractivity contribution is 9.11. The number of hydrogen-bond donors (Lipinski definition) is 1. The molecule has 0 aliphatic carbocycles. The summed E-state index contributed by atoms with van der Waals surface area (Å²) < 4.78 is 27.6. The van der Waals surface area contributed by atoms with E-state index in [1.165, 1.54) is 12.3 Å². The molecule has 0 radical (unpaired) electrons. The lowest BCUT2D eigenvalue weighted by Crippen LogP contribution is -2.12. The predicted octanol–water partition coefficient (Wildman–Crippen LogP) is 3.67. The van der Waals surface area contributed by atoms with E-state index < -0.39 is 10.0 Å². The molecule has 2 aromatic rings. The fraction of sp³-hybridized carbons (Fsp3) is 0.100. The Kier molecular flexibility index (Phi) is 3.96. The van der Waals surface area contributed by atoms with Gasteiger partial charge in [-0.15, -0.1) is 11.3 Å². The fourth-order valence-electron chi connectivity index (χ4n) is 1.21. The van der Waals surface area contributed by atoms with Crippen LogP contribution in [0.2, 0.25) is 5.02 Å². The summed E-state index contributed by atoms with van der Waals surface area (Å²) in [6, 6.07) is 4.63. The Bertz CT molecular complexity index is 665. The molecule has 0 saturated heterocycles. The van der Waals surface area contributed by atoms with E-state index in [0.29, 0.717) is 5.02 Å². The number of anilines is 1. The van der Waals surface area contributed by atoms with E-state index in [9.17, 15) is 8.42 Å². The minimum atomic E-state index is -3.61. The average Bonchev–Trinajstić information content (AvgIpc) is 2.59. The number of thiophene rings is 1. The molecule has 0 spiro atoms. The maximum absolute atomic E-state index is 12.1. The highest BCUT2D eigenvalue weighted by atomic mass is 79.9. The molecule has 0 saturated carbocycles. The molecule has 0 fully saturated rings. The molecule has 4 nitrogen and oxygen atoms in total. The van der Waals surface area contributed by atoms with Crippen LogP contribution in [-0.2, 0) is 10.0 Å². The van der Waals surface area contributed by atoms with E-state index >= 15 is 0 Å². The lowest BCUT2D eigenvalue weighted by molar-refractivity contribution is 0.603. The Labute approximate surface area is 122 Å². The van der Waals surface area contributed by atoms with Crippen LogP contribution >= 0.6 is 38.9 Å². The number of sulfonamides is 1. The van der Waals surface area contributed by atoms with Crippen molar-refractivity contribution in [1.82, 2.24) is 4.98 Å². The van der Waals surface area contributed by atoms with Crippen LogP contribution in [0.5, 0.6) is 0 Å². The first-order valence-corrected chi connectivity index (χ1v) is 8.26. The number of aromatic nitrogens is 1. The normalized spacial score (nSPS) is 11.5. The van der Waals surface area contributed by atoms with Crippen LogP contribution in [-0.4, -0.2) is 13.4 Å². The molecule has 0 amide bonds. The zero-order valence-corrected chi connectivity index (χ0v) is 13.1. The Hall–Kier alpha value is -0.630. The van der Waals surface area contributed by atoms with Gasteiger partial charge in [0.1, 0.15) is 10.0 Å². The molecule has 96 valence electrons. The second-order valence-electron chi connectivity index (χ2n) is 3.49. The summed E-state index contributed by atoms with van der Waals surface area (Å²) in [5, 5.41) is 0.422. The van der Waals surface area contributed by atoms with E-state index in [0.717, 1.165) is 20.7 Å². The third kappa shape index (κ3) is 3.03. The van der Waals surface area contributed by atoms with Crippen LogP contribution in [0.15, 0.2) is 32.4 Å². The second kappa shape index (κ2) is 5.16. The van der Waals surface area contributed by atoms with Crippen molar-refractivity contribution in [1.29, 1.82) is 0 Å². The van der Waals surface area contributed by atoms with Crippen LogP contribution in [0.25, 0.3) is 0 Å². The monoisotopic (exact) mass is 366 g/mol. The standard InChI is InChI=1S/C10H8BrClN2O2S2/c1-6-4-9(17-10(6)11)18(15,16)14-8-5-7(12)2-3-13-8/h2-5H,1H3,(H,13,14). The maximum atomic E-state index is 12.1. The molecule has 0 aromatic carbocycles. The smallest absolute Gasteiger partial charge is 0.263 e. The van der Waals surface area contributed by atoms with Crippen LogP contribution in [0.3, 0.4) is 0 Å². The van der Waals surface area contributed by atoms with Crippen molar-refractivity contribution in [3.8, 4) is 0 Å². The van der Waals surface area contributed by atoms with E-state index in [4.69, 9.17) is 11.6 Å². The van der Waals surface area contributed by atoms with E-state index in [2.05, 4.69) is 25.6 Å². The molecular weight excluding hydrogens is 360 g/mol. The zero-order valence-electron chi connectivity index (χ0n) is 9.15. The summed E-state index contributed by atoms with van der Waals surface area (Å²) >= 11 is 10.2. The molecule has 2 rings (SSSR count). The van der Waals surface area contributed by atoms with E-state index in [1.54, 1.807) is 12.1 Å². The van der Waals surface area contributed by atoms with Gasteiger partial charge in [0, 0.05) is 17.3 Å². The van der Waals surface area contributed by atoms with E-state index in [-0.39, 0.29) is 10.0 Å². The maximum Gasteiger partial charge on any atom is 0.272 e. The van der Waals surface area contributed by atoms with Crippen molar-refractivity contribution in [2.75, 3.05) is 4.72 Å². The zero-order chi connectivity index (χ0) is 13.3. The van der Waals surface area contributed by atoms with Gasteiger partial charge in [0.2, 0.25) is 0 Å². The van der Waals surface area contributed by atoms with Gasteiger partial charge in [-0.2, -0.15) is 0 Å². The molecule has 2 heterocycles. The summed E-state index contributed by atoms with van der Waals surface area (Å²) in [5.41, 5.74) is 0.874. The van der Waals surface area contributed by atoms with Gasteiger partial charge < -0.3 is 0 Å². The number of aryl methyl sites for hydroxylation is 1. The largest absolute Gasteiger partial charge is 0.272 e. The van der Waals surface area contributed by atoms with Crippen molar-refractivity contribution in [3.63, 3.8) is 0 Å². The van der Waals surface area contributed by atoms with Gasteiger partial charge in [0.15, 0.2) is 0 Å². The minimum absolute atomic E-state index is 0.199. The quantitative estimate of drug-likeness (QED) is 0.900. The van der Waals surface area contributed by atoms with Crippen LogP contribution in [0.4, 0.5) is 5.82 Å². The number of pyridine rings is 1. The third-order valence-electron chi connectivity index (χ3n) is 2.06. The fourth-order valence-corrected chi connectivity index (χ4v) is 4.60. The first kappa shape index (κ1) is 13.8. The van der Waals surface area contributed by atoms with Gasteiger partial charge in [0.25, 0.3) is 10.0 Å². The number of halogens is 2. The lowest BCUT2D eigenvalue weighted by Gasteiger charge is -2.04. The molecule has 0 aliphatic rings. The topological polar surface area (TPSA) is 59.1 Å². The van der Waals surface area contributed by atoms with Gasteiger partial charge in [-0.1, -0.05) is 11.6 Å². The first-order chi connectivity index (χ1) is 8.38. The average molecular weight is 368 g/mol. The SMILES string of the molecule is Cc1cc(S(=O)(=O)Nc2cc(Cl)ccn2)sc1Br. The molecular formula is C10H8BrClN2O2S2. The molecule has 1 N–H and O–H groups in total. The van der Waals surface area contributed by atoms with Crippen molar-refractivity contribution in [2.24, 2.45) is 0 Å². The Morgan fingerprint density at radius 2 is 2.17 bits per heavy atom. The highest BCUT2D eigenvalue weighted by Gasteiger charge is 2.18. The Balaban J connectivity index is 2.33. The number of nitrogens with zero attached hydrogens (tertiary/aromatic N) is 1. The predicted molar refractivity (Wildman–Crippen MR) is 76.8 cm³/mol. The number of nitrogens with one attached hydrogen (secondary N) is 1. The Morgan fingerprint density at radius 1 is 1.44 bits per heavy atom. The molecule has 0 atom stereocenters. The molecule has 2 aromatic heterocycles. The second-order valence-corrected chi connectivity index (χ2v) is 8.20. The summed E-state index contributed by atoms with van der Waals surface area (Å²) in [5.74, 6) is 0.199. The molecule has 8 heteroatoms. The van der Waals surface area contributed by atoms with Gasteiger partial charge in [-0.25, -0.2) is 13.4 Å². The minimum Gasteiger partial charge on any atom is -0.263 e. The van der Waals surface area contributed by atoms with Crippen molar-refractivity contribution in [3.05, 3.63) is 38.8 Å². The molecule has 0 bridgehead atoms. The van der Waals surface area contributed by atoms with Crippen LogP contribution in [0, 0.1) is 6.92 Å². The Morgan fingerprint density at radius 3 is 2.72 bits per heavy atom. The number of hydrogen-bond acceptors (Lipinski definition) is 4. The summed E-state index contributed by atoms with van der Waals surface area (Å²) in [4.78, 5) is 3.90. The van der Waals surface area contributed by atoms with Crippen LogP contribution in [0.1, 0.15) is 5.56 Å². The first-order valence-electron chi connectivity index (χ1n) is 4.79. The van der Waals surface area contributed by atoms with Crippen molar-refractivity contribution >= 4 is 54.7 Å². The molecule has 18 heavy (non-hydrogen) atoms. The van der Waals surface area contributed by atoms with Gasteiger partial charge >= 0.3 is 0 Å². The highest BCUT2D eigenvalue weighted by Crippen LogP contribution is 2.31. The number of rotatable bonds is 3. The van der Waals surface area contributed by atoms with Gasteiger partial charge in [0.05, 0.1) is 3.79 Å². The third-order valence-corrected chi connectivity index (χ3v) is 6.26. The summed E-state index contributed by atoms with van der Waals surface area (Å²) in [7, 11) is -3.61. The summed E-state index contributed by atoms with van der Waals surface area (Å²) in [6.45, 7) is 1.83. The van der Waals surface area contributed by atoms with Crippen molar-refractivity contribution < 1.29 is 8.42 Å². The van der Waals surface area contributed by atoms with E-state index in [1.807, 2.05) is 6.92 Å². The molecule has 0 aliphatic heterocycles. The molecule has 0 unspecified atom stereocenters. The van der Waals surface area contributed by atoms with Gasteiger partial charge in [-0.05, 0) is 40.5 Å². The van der Waals surface area contributed by atoms with Crippen molar-refractivity contribution in [2.45, 2.75) is 11.1 Å². The lowest BCUT2D eigenvalue weighted by atomic mass is 10.4. The van der Waals surface area contributed by atoms with Crippen LogP contribution < -0.4 is 4.72 Å². The van der Waals surface area contributed by atoms with Gasteiger partial charge in [-0.3, -0.25) is 4.72 Å². The summed E-state index contributed by atoms with van der Waals surface area (Å²) in [6.07, 6.45) is 1.44.